The van der Waals surface area contributed by atoms with Gasteiger partial charge in [-0.05, 0) is 48.8 Å². The third-order valence-corrected chi connectivity index (χ3v) is 10.1. The van der Waals surface area contributed by atoms with Gasteiger partial charge >= 0.3 is 0 Å². The van der Waals surface area contributed by atoms with Crippen LogP contribution in [0.2, 0.25) is 0 Å². The Morgan fingerprint density at radius 3 is 2.39 bits per heavy atom. The van der Waals surface area contributed by atoms with E-state index in [1.165, 1.54) is 5.56 Å². The molecule has 4 aliphatic rings. The molecule has 2 aromatic rings. The molecule has 1 saturated heterocycles. The Balaban J connectivity index is 1.28. The number of benzene rings is 2. The van der Waals surface area contributed by atoms with Gasteiger partial charge in [0.15, 0.2) is 34.7 Å². The molecule has 0 spiro atoms. The maximum absolute atomic E-state index is 14.1. The van der Waals surface area contributed by atoms with Gasteiger partial charge in [0.05, 0.1) is 17.2 Å². The van der Waals surface area contributed by atoms with E-state index in [1.807, 2.05) is 43.3 Å². The Bertz CT molecular complexity index is 1550. The predicted octanol–water partition coefficient (Wildman–Crippen LogP) is 1.47. The minimum Gasteiger partial charge on any atom is -0.505 e. The SMILES string of the molecule is CN(C)c1cc(NC2CCN(Cc3ccccc3)CC2)c(O)c2c1C[C@H]1C[C@H]3CC(=O)C(C(N)=O)C(=O)[C@@]3(O)C(=O)C1C2=O. The maximum atomic E-state index is 14.1. The van der Waals surface area contributed by atoms with Crippen molar-refractivity contribution in [1.82, 2.24) is 4.90 Å². The molecule has 2 unspecified atom stereocenters. The zero-order valence-corrected chi connectivity index (χ0v) is 24.9. The highest BCUT2D eigenvalue weighted by Crippen LogP contribution is 2.52. The largest absolute Gasteiger partial charge is 0.505 e. The normalized spacial score (nSPS) is 29.1. The summed E-state index contributed by atoms with van der Waals surface area (Å²) in [7, 11) is 3.67. The van der Waals surface area contributed by atoms with E-state index in [2.05, 4.69) is 22.3 Å². The van der Waals surface area contributed by atoms with E-state index in [0.29, 0.717) is 16.9 Å². The molecular formula is C33H38N4O7. The number of rotatable bonds is 6. The highest BCUT2D eigenvalue weighted by Gasteiger charge is 2.66. The molecule has 1 aliphatic heterocycles. The van der Waals surface area contributed by atoms with Gasteiger partial charge in [0.2, 0.25) is 5.91 Å². The van der Waals surface area contributed by atoms with Crippen LogP contribution in [-0.2, 0) is 32.1 Å². The summed E-state index contributed by atoms with van der Waals surface area (Å²) in [5, 5.41) is 26.4. The lowest BCUT2D eigenvalue weighted by atomic mass is 9.53. The molecule has 232 valence electrons. The van der Waals surface area contributed by atoms with Crippen molar-refractivity contribution in [1.29, 1.82) is 0 Å². The van der Waals surface area contributed by atoms with Gasteiger partial charge < -0.3 is 26.2 Å². The Kier molecular flexibility index (Phi) is 7.57. The number of hydrogen-bond acceptors (Lipinski definition) is 10. The van der Waals surface area contributed by atoms with E-state index in [1.54, 1.807) is 0 Å². The number of aromatic hydroxyl groups is 1. The van der Waals surface area contributed by atoms with Gasteiger partial charge in [0.1, 0.15) is 5.75 Å². The van der Waals surface area contributed by atoms with Crippen molar-refractivity contribution in [3.05, 3.63) is 53.1 Å². The molecule has 0 bridgehead atoms. The van der Waals surface area contributed by atoms with E-state index in [-0.39, 0.29) is 36.6 Å². The Morgan fingerprint density at radius 2 is 1.75 bits per heavy atom. The van der Waals surface area contributed by atoms with Crippen LogP contribution in [-0.4, -0.2) is 83.0 Å². The molecule has 11 heteroatoms. The van der Waals surface area contributed by atoms with E-state index < -0.39 is 58.3 Å². The number of carbonyl (C=O) groups is 5. The summed E-state index contributed by atoms with van der Waals surface area (Å²) in [5.41, 5.74) is 5.55. The van der Waals surface area contributed by atoms with Gasteiger partial charge in [-0.1, -0.05) is 30.3 Å². The van der Waals surface area contributed by atoms with Gasteiger partial charge in [-0.25, -0.2) is 0 Å². The van der Waals surface area contributed by atoms with Crippen LogP contribution in [0, 0.1) is 23.7 Å². The average Bonchev–Trinajstić information content (AvgIpc) is 2.97. The Morgan fingerprint density at radius 1 is 1.07 bits per heavy atom. The quantitative estimate of drug-likeness (QED) is 0.280. The average molecular weight is 603 g/mol. The number of anilines is 2. The zero-order chi connectivity index (χ0) is 31.5. The van der Waals surface area contributed by atoms with Gasteiger partial charge in [-0.15, -0.1) is 0 Å². The minimum absolute atomic E-state index is 0.00245. The first kappa shape index (κ1) is 30.0. The minimum atomic E-state index is -2.66. The van der Waals surface area contributed by atoms with Crippen molar-refractivity contribution in [2.24, 2.45) is 29.4 Å². The standard InChI is InChI=1S/C33H38N4O7/c1-36(2)23-15-22(35-20-8-10-37(11-9-20)16-17-6-4-3-5-7-17)28(39)26-21(23)13-18-12-19-14-24(38)27(32(34)43)31(42)33(19,44)30(41)25(18)29(26)40/h3-7,15,18-20,25,27,35,39,44H,8-14,16H2,1-2H3,(H2,34,43)/t18-,19+,25?,27?,33+/m1/s1. The number of Topliss-reactive ketones (excluding diaryl/α,β-unsaturated/α-hetero) is 4. The fourth-order valence-corrected chi connectivity index (χ4v) is 7.82. The van der Waals surface area contributed by atoms with Crippen LogP contribution in [0.4, 0.5) is 11.4 Å². The molecule has 0 aromatic heterocycles. The van der Waals surface area contributed by atoms with Crippen LogP contribution < -0.4 is 16.0 Å². The lowest BCUT2D eigenvalue weighted by molar-refractivity contribution is -0.175. The van der Waals surface area contributed by atoms with Crippen molar-refractivity contribution in [2.75, 3.05) is 37.4 Å². The zero-order valence-electron chi connectivity index (χ0n) is 24.9. The molecule has 5 atom stereocenters. The lowest BCUT2D eigenvalue weighted by Crippen LogP contribution is -2.68. The van der Waals surface area contributed by atoms with Crippen LogP contribution in [0.5, 0.6) is 5.75 Å². The van der Waals surface area contributed by atoms with Crippen molar-refractivity contribution in [3.63, 3.8) is 0 Å². The number of phenols is 1. The first-order valence-electron chi connectivity index (χ1n) is 15.2. The molecule has 2 aromatic carbocycles. The molecular weight excluding hydrogens is 564 g/mol. The van der Waals surface area contributed by atoms with E-state index in [9.17, 15) is 34.2 Å². The number of aliphatic hydroxyl groups is 1. The molecule has 2 saturated carbocycles. The van der Waals surface area contributed by atoms with Crippen molar-refractivity contribution >= 4 is 40.4 Å². The van der Waals surface area contributed by atoms with Crippen molar-refractivity contribution in [2.45, 2.75) is 50.3 Å². The summed E-state index contributed by atoms with van der Waals surface area (Å²) in [6.07, 6.45) is 1.61. The van der Waals surface area contributed by atoms with Gasteiger partial charge in [-0.2, -0.15) is 0 Å². The van der Waals surface area contributed by atoms with Crippen molar-refractivity contribution in [3.8, 4) is 5.75 Å². The van der Waals surface area contributed by atoms with E-state index >= 15 is 0 Å². The number of likely N-dealkylation sites (tertiary alicyclic amines) is 1. The number of hydrogen-bond donors (Lipinski definition) is 4. The molecule has 5 N–H and O–H groups in total. The number of ketones is 4. The number of nitrogens with one attached hydrogen (secondary N) is 1. The fraction of sp³-hybridized carbons (Fsp3) is 0.485. The van der Waals surface area contributed by atoms with E-state index in [0.717, 1.165) is 32.5 Å². The molecule has 3 aliphatic carbocycles. The Labute approximate surface area is 255 Å². The lowest BCUT2D eigenvalue weighted by Gasteiger charge is -2.48. The van der Waals surface area contributed by atoms with Crippen LogP contribution in [0.25, 0.3) is 0 Å². The summed E-state index contributed by atoms with van der Waals surface area (Å²) < 4.78 is 0. The number of phenolic OH excluding ortho intramolecular Hbond substituents is 1. The number of primary amides is 1. The number of carbonyl (C=O) groups excluding carboxylic acids is 5. The molecule has 1 heterocycles. The number of fused-ring (bicyclic) bond motifs is 3. The Hall–Kier alpha value is -4.09. The van der Waals surface area contributed by atoms with Crippen LogP contribution in [0.3, 0.4) is 0 Å². The number of piperidine rings is 1. The maximum Gasteiger partial charge on any atom is 0.235 e. The summed E-state index contributed by atoms with van der Waals surface area (Å²) in [6.45, 7) is 2.58. The summed E-state index contributed by atoms with van der Waals surface area (Å²) in [4.78, 5) is 69.9. The van der Waals surface area contributed by atoms with Gasteiger partial charge in [-0.3, -0.25) is 28.9 Å². The first-order chi connectivity index (χ1) is 20.9. The number of nitrogens with two attached hydrogens (primary N) is 1. The molecule has 0 radical (unpaired) electrons. The van der Waals surface area contributed by atoms with Crippen LogP contribution >= 0.6 is 0 Å². The van der Waals surface area contributed by atoms with Crippen LogP contribution in [0.15, 0.2) is 36.4 Å². The van der Waals surface area contributed by atoms with Gasteiger partial charge in [0, 0.05) is 57.8 Å². The van der Waals surface area contributed by atoms with E-state index in [4.69, 9.17) is 5.73 Å². The third-order valence-electron chi connectivity index (χ3n) is 10.1. The second-order valence-electron chi connectivity index (χ2n) is 13.0. The predicted molar refractivity (Wildman–Crippen MR) is 161 cm³/mol. The monoisotopic (exact) mass is 602 g/mol. The molecule has 11 nitrogen and oxygen atoms in total. The van der Waals surface area contributed by atoms with Crippen molar-refractivity contribution < 1.29 is 34.2 Å². The third kappa shape index (κ3) is 4.78. The number of nitrogens with zero attached hydrogens (tertiary/aromatic N) is 2. The molecule has 3 fully saturated rings. The summed E-state index contributed by atoms with van der Waals surface area (Å²) >= 11 is 0. The fourth-order valence-electron chi connectivity index (χ4n) is 7.82. The van der Waals surface area contributed by atoms with Crippen LogP contribution in [0.1, 0.15) is 47.2 Å². The molecule has 6 rings (SSSR count). The van der Waals surface area contributed by atoms with Gasteiger partial charge in [0.25, 0.3) is 0 Å². The first-order valence-corrected chi connectivity index (χ1v) is 15.2. The molecule has 44 heavy (non-hydrogen) atoms. The summed E-state index contributed by atoms with van der Waals surface area (Å²) in [5.74, 6) is -10.1. The second-order valence-corrected chi connectivity index (χ2v) is 13.0. The highest BCUT2D eigenvalue weighted by atomic mass is 16.3. The smallest absolute Gasteiger partial charge is 0.235 e. The highest BCUT2D eigenvalue weighted by molar-refractivity contribution is 6.31. The molecule has 1 amide bonds. The summed E-state index contributed by atoms with van der Waals surface area (Å²) in [6, 6.07) is 12.1. The second kappa shape index (κ2) is 11.1. The topological polar surface area (TPSA) is 170 Å². The number of amides is 1.